The molecular weight excluding hydrogens is 869 g/mol. The van der Waals surface area contributed by atoms with Crippen LogP contribution < -0.4 is 16.4 Å². The Morgan fingerprint density at radius 2 is 1.22 bits per heavy atom. The number of aromatic nitrogens is 4. The zero-order valence-electron chi connectivity index (χ0n) is 39.7. The van der Waals surface area contributed by atoms with Gasteiger partial charge in [0.1, 0.15) is 0 Å². The van der Waals surface area contributed by atoms with Gasteiger partial charge in [-0.15, -0.1) is 5.06 Å². The van der Waals surface area contributed by atoms with Crippen molar-refractivity contribution >= 4 is 63.5 Å². The minimum atomic E-state index is -1.00. The minimum Gasteiger partial charge on any atom is -0.451 e. The van der Waals surface area contributed by atoms with E-state index >= 15 is 0 Å². The molecule has 2 atom stereocenters. The van der Waals surface area contributed by atoms with E-state index in [2.05, 4.69) is 104 Å². The molecule has 3 aliphatic rings. The highest BCUT2D eigenvalue weighted by Crippen LogP contribution is 2.36. The Morgan fingerprint density at radius 1 is 0.691 bits per heavy atom. The van der Waals surface area contributed by atoms with Crippen LogP contribution in [0, 0.1) is 0 Å². The molecule has 17 heteroatoms. The summed E-state index contributed by atoms with van der Waals surface area (Å²) in [5, 5.41) is 15.3. The van der Waals surface area contributed by atoms with Gasteiger partial charge in [0.15, 0.2) is 0 Å². The predicted molar refractivity (Wildman–Crippen MR) is 255 cm³/mol. The summed E-state index contributed by atoms with van der Waals surface area (Å²) >= 11 is 0. The average molecular weight is 927 g/mol. The molecule has 17 nitrogen and oxygen atoms in total. The third-order valence-electron chi connectivity index (χ3n) is 12.3. The van der Waals surface area contributed by atoms with Gasteiger partial charge in [0.2, 0.25) is 5.91 Å². The molecular formula is C51H58N8O9. The second-order valence-electron chi connectivity index (χ2n) is 19.0. The van der Waals surface area contributed by atoms with Crippen LogP contribution in [0.3, 0.4) is 0 Å². The molecule has 0 radical (unpaired) electrons. The Morgan fingerprint density at radius 3 is 1.81 bits per heavy atom. The molecule has 2 aliphatic carbocycles. The van der Waals surface area contributed by atoms with Crippen molar-refractivity contribution in [3.05, 3.63) is 124 Å². The molecule has 4 aromatic carbocycles. The van der Waals surface area contributed by atoms with E-state index in [1.807, 2.05) is 12.1 Å². The summed E-state index contributed by atoms with van der Waals surface area (Å²) < 4.78 is 11.6. The van der Waals surface area contributed by atoms with Crippen molar-refractivity contribution in [3.8, 4) is 0 Å². The second kappa shape index (κ2) is 19.8. The number of hydrogen-bond acceptors (Lipinski definition) is 12. The number of carbonyl (C=O) groups excluding carboxylic acids is 6. The fraction of sp³-hybridized carbons (Fsp3) is 0.373. The highest BCUT2D eigenvalue weighted by molar-refractivity contribution is 6.04. The molecule has 4 N–H and O–H groups in total. The van der Waals surface area contributed by atoms with Crippen LogP contribution in [0.4, 0.5) is 20.1 Å². The molecule has 2 aromatic heterocycles. The molecule has 0 unspecified atom stereocenters. The Hall–Kier alpha value is -7.40. The van der Waals surface area contributed by atoms with Gasteiger partial charge in [0, 0.05) is 29.7 Å². The van der Waals surface area contributed by atoms with Gasteiger partial charge in [-0.05, 0) is 93.7 Å². The fourth-order valence-corrected chi connectivity index (χ4v) is 8.53. The smallest absolute Gasteiger partial charge is 0.436 e. The molecule has 6 aromatic rings. The number of hydrogen-bond donors (Lipinski definition) is 3. The molecule has 4 amide bonds. The maximum atomic E-state index is 12.8. The highest BCUT2D eigenvalue weighted by Gasteiger charge is 2.33. The Labute approximate surface area is 394 Å². The van der Waals surface area contributed by atoms with Crippen LogP contribution in [0.2, 0.25) is 0 Å². The highest BCUT2D eigenvalue weighted by atomic mass is 16.7. The normalized spacial score (nSPS) is 16.3. The number of amides is 4. The Bertz CT molecular complexity index is 2910. The van der Waals surface area contributed by atoms with Gasteiger partial charge >= 0.3 is 18.3 Å². The Balaban J connectivity index is 0.000000161. The first-order chi connectivity index (χ1) is 32.3. The van der Waals surface area contributed by atoms with Crippen molar-refractivity contribution in [2.45, 2.75) is 109 Å². The lowest BCUT2D eigenvalue weighted by atomic mass is 9.85. The molecule has 3 heterocycles. The molecule has 356 valence electrons. The second-order valence-corrected chi connectivity index (χ2v) is 19.0. The van der Waals surface area contributed by atoms with Crippen molar-refractivity contribution in [3.63, 3.8) is 0 Å². The van der Waals surface area contributed by atoms with Gasteiger partial charge in [0.05, 0.1) is 55.8 Å². The number of rotatable bonds is 5. The number of fused-ring (bicyclic) bond motifs is 4. The van der Waals surface area contributed by atoms with Gasteiger partial charge in [0.25, 0.3) is 11.8 Å². The number of anilines is 1. The first-order valence-electron chi connectivity index (χ1n) is 22.5. The quantitative estimate of drug-likeness (QED) is 0.139. The van der Waals surface area contributed by atoms with E-state index in [1.165, 1.54) is 58.5 Å². The molecule has 0 saturated carbocycles. The molecule has 1 fully saturated rings. The number of methoxy groups -OCH3 is 2. The topological polar surface area (TPSA) is 219 Å². The summed E-state index contributed by atoms with van der Waals surface area (Å²) in [5.41, 5.74) is 16.7. The Kier molecular flexibility index (Phi) is 14.2. The fourth-order valence-electron chi connectivity index (χ4n) is 8.53. The van der Waals surface area contributed by atoms with Gasteiger partial charge < -0.3 is 25.4 Å². The van der Waals surface area contributed by atoms with E-state index in [4.69, 9.17) is 15.3 Å². The third kappa shape index (κ3) is 10.6. The van der Waals surface area contributed by atoms with E-state index in [0.29, 0.717) is 27.2 Å². The van der Waals surface area contributed by atoms with E-state index < -0.39 is 30.1 Å². The number of hydroxylamine groups is 2. The van der Waals surface area contributed by atoms with E-state index in [0.717, 1.165) is 41.3 Å². The molecule has 68 heavy (non-hydrogen) atoms. The summed E-state index contributed by atoms with van der Waals surface area (Å²) in [5.74, 6) is -1.19. The predicted octanol–water partition coefficient (Wildman–Crippen LogP) is 8.49. The number of aryl methyl sites for hydroxylation is 2. The number of ether oxygens (including phenoxy) is 2. The summed E-state index contributed by atoms with van der Waals surface area (Å²) in [6.07, 6.45) is 5.14. The van der Waals surface area contributed by atoms with Crippen LogP contribution in [0.1, 0.15) is 118 Å². The van der Waals surface area contributed by atoms with Gasteiger partial charge in [-0.2, -0.15) is 19.6 Å². The van der Waals surface area contributed by atoms with E-state index in [-0.39, 0.29) is 48.1 Å². The number of benzene rings is 4. The van der Waals surface area contributed by atoms with Gasteiger partial charge in [-0.3, -0.25) is 19.7 Å². The maximum Gasteiger partial charge on any atom is 0.436 e. The van der Waals surface area contributed by atoms with Crippen molar-refractivity contribution < 1.29 is 43.1 Å². The number of imide groups is 1. The number of nitrogens with one attached hydrogen (secondary N) is 2. The van der Waals surface area contributed by atoms with Crippen molar-refractivity contribution in [2.24, 2.45) is 5.73 Å². The summed E-state index contributed by atoms with van der Waals surface area (Å²) in [6, 6.07) is 24.0. The van der Waals surface area contributed by atoms with E-state index in [9.17, 15) is 28.8 Å². The van der Waals surface area contributed by atoms with Crippen molar-refractivity contribution in [1.82, 2.24) is 29.9 Å². The standard InChI is InChI=1S/C24H27N3O3.C14H12N4O6.C13H19N/c1-24(2,3)17-9-10-18-16(12-17)8-11-20(18)26-22(28)13-15-6-5-7-21-19(15)14-25-27(21)23(29)30-4;1-23-14(22)17-10-4-2-3-9(8(10)7-15-17)16-13(21)24-18-11(19)5-6-12(18)20;1-13(2,3)10-5-6-11-9(8-10)4-7-12(11)14/h5-7,9-10,12,14,20H,8,11,13H2,1-4H3,(H,26,28);2-4,7H,5-6H2,1H3,(H,16,21);5-6,8,12H,4,7,14H2,1-3H3/t20-;;12-/m0.1/s1. The molecule has 9 rings (SSSR count). The number of carbonyl (C=O) groups is 6. The van der Waals surface area contributed by atoms with Crippen molar-refractivity contribution in [1.29, 1.82) is 0 Å². The SMILES string of the molecule is CC(C)(C)c1ccc2c(c1)CC[C@H]2N.COC(=O)n1ncc2c(CC(=O)N[C@H]3CCc4cc(C(C)(C)C)ccc43)cccc21.COC(=O)n1ncc2c(NC(=O)ON3C(=O)CCC3=O)cccc21. The number of nitrogens with zero attached hydrogens (tertiary/aromatic N) is 5. The van der Waals surface area contributed by atoms with Crippen LogP contribution in [0.5, 0.6) is 0 Å². The molecule has 0 spiro atoms. The lowest BCUT2D eigenvalue weighted by Gasteiger charge is -2.21. The third-order valence-corrected chi connectivity index (χ3v) is 12.3. The van der Waals surface area contributed by atoms with Crippen molar-refractivity contribution in [2.75, 3.05) is 19.5 Å². The summed E-state index contributed by atoms with van der Waals surface area (Å²) in [6.45, 7) is 13.4. The van der Waals surface area contributed by atoms with E-state index in [1.54, 1.807) is 30.5 Å². The minimum absolute atomic E-state index is 0.00754. The van der Waals surface area contributed by atoms with Gasteiger partial charge in [-0.25, -0.2) is 14.4 Å². The lowest BCUT2D eigenvalue weighted by Crippen LogP contribution is -2.33. The summed E-state index contributed by atoms with van der Waals surface area (Å²) in [4.78, 5) is 75.8. The molecule has 0 bridgehead atoms. The summed E-state index contributed by atoms with van der Waals surface area (Å²) in [7, 11) is 2.54. The monoisotopic (exact) mass is 926 g/mol. The lowest BCUT2D eigenvalue weighted by molar-refractivity contribution is -0.170. The largest absolute Gasteiger partial charge is 0.451 e. The zero-order chi connectivity index (χ0) is 49.1. The van der Waals surface area contributed by atoms with Crippen LogP contribution in [-0.2, 0) is 58.8 Å². The van der Waals surface area contributed by atoms with Gasteiger partial charge in [-0.1, -0.05) is 96.1 Å². The first kappa shape index (κ1) is 48.5. The first-order valence-corrected chi connectivity index (χ1v) is 22.5. The molecule has 1 aliphatic heterocycles. The maximum absolute atomic E-state index is 12.8. The van der Waals surface area contributed by atoms with Crippen LogP contribution in [-0.4, -0.2) is 74.8 Å². The zero-order valence-corrected chi connectivity index (χ0v) is 39.7. The number of nitrogens with two attached hydrogens (primary N) is 1. The van der Waals surface area contributed by atoms with Crippen LogP contribution in [0.15, 0.2) is 85.2 Å². The van der Waals surface area contributed by atoms with Crippen LogP contribution >= 0.6 is 0 Å². The van der Waals surface area contributed by atoms with Crippen LogP contribution in [0.25, 0.3) is 21.8 Å². The molecule has 1 saturated heterocycles. The average Bonchev–Trinajstić information content (AvgIpc) is 4.16.